The van der Waals surface area contributed by atoms with Crippen molar-refractivity contribution in [2.75, 3.05) is 4.90 Å². The fourth-order valence-electron chi connectivity index (χ4n) is 2.51. The lowest BCUT2D eigenvalue weighted by molar-refractivity contribution is 0.0690. The third-order valence-corrected chi connectivity index (χ3v) is 5.23. The first-order valence-corrected chi connectivity index (χ1v) is 8.48. The number of nitrogens with zero attached hydrogens (tertiary/aromatic N) is 3. The second kappa shape index (κ2) is 4.85. The smallest absolute Gasteiger partial charge is 0.356 e. The number of rotatable bonds is 5. The summed E-state index contributed by atoms with van der Waals surface area (Å²) < 4.78 is 1.67. The van der Waals surface area contributed by atoms with Gasteiger partial charge < -0.3 is 10.0 Å². The second-order valence-corrected chi connectivity index (χ2v) is 6.99. The number of hydrogen-bond acceptors (Lipinski definition) is 5. The fourth-order valence-corrected chi connectivity index (χ4v) is 3.92. The van der Waals surface area contributed by atoms with E-state index < -0.39 is 5.97 Å². The number of anilines is 1. The summed E-state index contributed by atoms with van der Waals surface area (Å²) in [6, 6.07) is 4.52. The van der Waals surface area contributed by atoms with Crippen LogP contribution in [0.5, 0.6) is 0 Å². The molecule has 0 aromatic carbocycles. The van der Waals surface area contributed by atoms with Crippen molar-refractivity contribution >= 4 is 39.4 Å². The highest BCUT2D eigenvalue weighted by Gasteiger charge is 2.34. The maximum Gasteiger partial charge on any atom is 0.356 e. The highest BCUT2D eigenvalue weighted by atomic mass is 32.1. The molecular formula is C14H13N3O2S2. The molecule has 0 radical (unpaired) electrons. The summed E-state index contributed by atoms with van der Waals surface area (Å²) in [4.78, 5) is 20.3. The van der Waals surface area contributed by atoms with Crippen LogP contribution >= 0.6 is 22.7 Å². The molecule has 0 atom stereocenters. The predicted molar refractivity (Wildman–Crippen MR) is 83.6 cm³/mol. The van der Waals surface area contributed by atoms with E-state index in [0.717, 1.165) is 24.3 Å². The minimum absolute atomic E-state index is 0.273. The highest BCUT2D eigenvalue weighted by Crippen LogP contribution is 2.36. The molecule has 0 spiro atoms. The zero-order valence-corrected chi connectivity index (χ0v) is 12.7. The third kappa shape index (κ3) is 2.22. The largest absolute Gasteiger partial charge is 0.476 e. The van der Waals surface area contributed by atoms with Gasteiger partial charge in [0.2, 0.25) is 0 Å². The Morgan fingerprint density at radius 2 is 2.29 bits per heavy atom. The zero-order valence-electron chi connectivity index (χ0n) is 11.1. The van der Waals surface area contributed by atoms with Crippen molar-refractivity contribution < 1.29 is 9.90 Å². The zero-order chi connectivity index (χ0) is 14.4. The first kappa shape index (κ1) is 12.8. The van der Waals surface area contributed by atoms with E-state index >= 15 is 0 Å². The van der Waals surface area contributed by atoms with E-state index in [4.69, 9.17) is 0 Å². The first-order chi connectivity index (χ1) is 10.2. The van der Waals surface area contributed by atoms with Crippen LogP contribution in [0, 0.1) is 0 Å². The average Bonchev–Trinajstić information content (AvgIpc) is 2.87. The summed E-state index contributed by atoms with van der Waals surface area (Å²) in [5.41, 5.74) is 0.273. The van der Waals surface area contributed by atoms with E-state index in [1.54, 1.807) is 21.9 Å². The van der Waals surface area contributed by atoms with Crippen molar-refractivity contribution in [3.05, 3.63) is 39.7 Å². The van der Waals surface area contributed by atoms with Gasteiger partial charge in [0.1, 0.15) is 0 Å². The summed E-state index contributed by atoms with van der Waals surface area (Å²) in [7, 11) is 0. The SMILES string of the molecule is O=C(O)c1c(N(Cc2cccs2)C2CC2)nc2sccn12. The molecule has 0 saturated heterocycles. The van der Waals surface area contributed by atoms with Crippen LogP contribution in [0.15, 0.2) is 29.1 Å². The Hall–Kier alpha value is -1.86. The lowest BCUT2D eigenvalue weighted by Gasteiger charge is -2.22. The third-order valence-electron chi connectivity index (χ3n) is 3.61. The van der Waals surface area contributed by atoms with Gasteiger partial charge in [0.05, 0.1) is 6.54 Å². The van der Waals surface area contributed by atoms with Gasteiger partial charge in [0, 0.05) is 22.5 Å². The fraction of sp³-hybridized carbons (Fsp3) is 0.286. The molecule has 0 aliphatic heterocycles. The van der Waals surface area contributed by atoms with Crippen LogP contribution in [0.1, 0.15) is 28.2 Å². The lowest BCUT2D eigenvalue weighted by Crippen LogP contribution is -2.27. The Kier molecular flexibility index (Phi) is 2.97. The molecule has 3 heterocycles. The van der Waals surface area contributed by atoms with Crippen molar-refractivity contribution in [2.24, 2.45) is 0 Å². The van der Waals surface area contributed by atoms with E-state index in [1.807, 2.05) is 16.8 Å². The number of imidazole rings is 1. The monoisotopic (exact) mass is 319 g/mol. The van der Waals surface area contributed by atoms with Crippen LogP contribution in [0.3, 0.4) is 0 Å². The van der Waals surface area contributed by atoms with E-state index in [2.05, 4.69) is 16.0 Å². The molecule has 0 amide bonds. The predicted octanol–water partition coefficient (Wildman–Crippen LogP) is 3.32. The van der Waals surface area contributed by atoms with Gasteiger partial charge in [-0.2, -0.15) is 0 Å². The Morgan fingerprint density at radius 3 is 2.95 bits per heavy atom. The van der Waals surface area contributed by atoms with Gasteiger partial charge in [-0.25, -0.2) is 9.78 Å². The summed E-state index contributed by atoms with van der Waals surface area (Å²) >= 11 is 3.15. The number of carboxylic acids is 1. The van der Waals surface area contributed by atoms with Crippen LogP contribution in [0.2, 0.25) is 0 Å². The van der Waals surface area contributed by atoms with E-state index in [0.29, 0.717) is 11.9 Å². The molecule has 108 valence electrons. The summed E-state index contributed by atoms with van der Waals surface area (Å²) in [5.74, 6) is -0.321. The lowest BCUT2D eigenvalue weighted by atomic mass is 10.3. The molecular weight excluding hydrogens is 306 g/mol. The average molecular weight is 319 g/mol. The Labute approximate surface area is 129 Å². The number of thiazole rings is 1. The van der Waals surface area contributed by atoms with Gasteiger partial charge in [-0.05, 0) is 24.3 Å². The van der Waals surface area contributed by atoms with Crippen molar-refractivity contribution in [1.29, 1.82) is 0 Å². The molecule has 1 aliphatic carbocycles. The van der Waals surface area contributed by atoms with Gasteiger partial charge >= 0.3 is 5.97 Å². The maximum atomic E-state index is 11.7. The van der Waals surface area contributed by atoms with E-state index in [-0.39, 0.29) is 5.69 Å². The summed E-state index contributed by atoms with van der Waals surface area (Å²) in [6.07, 6.45) is 3.99. The van der Waals surface area contributed by atoms with Crippen LogP contribution in [0.4, 0.5) is 5.82 Å². The van der Waals surface area contributed by atoms with Crippen LogP contribution in [-0.4, -0.2) is 26.5 Å². The summed E-state index contributed by atoms with van der Waals surface area (Å²) in [5, 5.41) is 13.5. The van der Waals surface area contributed by atoms with Gasteiger partial charge in [0.15, 0.2) is 16.5 Å². The van der Waals surface area contributed by atoms with Gasteiger partial charge in [-0.3, -0.25) is 4.40 Å². The molecule has 1 saturated carbocycles. The number of aromatic carboxylic acids is 1. The first-order valence-electron chi connectivity index (χ1n) is 6.72. The van der Waals surface area contributed by atoms with Crippen LogP contribution in [-0.2, 0) is 6.54 Å². The van der Waals surface area contributed by atoms with Crippen molar-refractivity contribution in [2.45, 2.75) is 25.4 Å². The van der Waals surface area contributed by atoms with Crippen molar-refractivity contribution in [1.82, 2.24) is 9.38 Å². The minimum Gasteiger partial charge on any atom is -0.476 e. The van der Waals surface area contributed by atoms with Gasteiger partial charge in [0.25, 0.3) is 0 Å². The number of carbonyl (C=O) groups is 1. The topological polar surface area (TPSA) is 57.8 Å². The second-order valence-electron chi connectivity index (χ2n) is 5.08. The van der Waals surface area contributed by atoms with E-state index in [9.17, 15) is 9.90 Å². The maximum absolute atomic E-state index is 11.7. The molecule has 1 fully saturated rings. The van der Waals surface area contributed by atoms with Gasteiger partial charge in [-0.1, -0.05) is 6.07 Å². The molecule has 21 heavy (non-hydrogen) atoms. The number of aromatic nitrogens is 2. The molecule has 3 aromatic heterocycles. The number of carboxylic acid groups (broad SMARTS) is 1. The van der Waals surface area contributed by atoms with Gasteiger partial charge in [-0.15, -0.1) is 22.7 Å². The van der Waals surface area contributed by atoms with E-state index in [1.165, 1.54) is 16.2 Å². The van der Waals surface area contributed by atoms with Crippen molar-refractivity contribution in [3.63, 3.8) is 0 Å². The molecule has 1 aliphatic rings. The number of hydrogen-bond donors (Lipinski definition) is 1. The Bertz CT molecular complexity index is 786. The molecule has 0 bridgehead atoms. The van der Waals surface area contributed by atoms with Crippen LogP contribution < -0.4 is 4.90 Å². The van der Waals surface area contributed by atoms with Crippen molar-refractivity contribution in [3.8, 4) is 0 Å². The molecule has 3 aromatic rings. The van der Waals surface area contributed by atoms with Crippen LogP contribution in [0.25, 0.3) is 4.96 Å². The normalized spacial score (nSPS) is 14.7. The molecule has 1 N–H and O–H groups in total. The molecule has 0 unspecified atom stereocenters. The number of fused-ring (bicyclic) bond motifs is 1. The molecule has 5 nitrogen and oxygen atoms in total. The Balaban J connectivity index is 1.80. The standard InChI is InChI=1S/C14H13N3O2S2/c18-13(19)11-12(15-14-16(11)5-7-21-14)17(9-3-4-9)8-10-2-1-6-20-10/h1-2,5-7,9H,3-4,8H2,(H,18,19). The quantitative estimate of drug-likeness (QED) is 0.784. The summed E-state index contributed by atoms with van der Waals surface area (Å²) in [6.45, 7) is 0.730. The minimum atomic E-state index is -0.923. The highest BCUT2D eigenvalue weighted by molar-refractivity contribution is 7.15. The Morgan fingerprint density at radius 1 is 1.43 bits per heavy atom. The number of thiophene rings is 1. The molecule has 4 rings (SSSR count). The molecule has 7 heteroatoms.